The Kier molecular flexibility index (Phi) is 5.30. The van der Waals surface area contributed by atoms with Gasteiger partial charge in [0.15, 0.2) is 5.17 Å². The highest BCUT2D eigenvalue weighted by Crippen LogP contribution is 2.43. The van der Waals surface area contributed by atoms with E-state index in [-0.39, 0.29) is 30.0 Å². The number of fused-ring (bicyclic) bond motifs is 3. The first kappa shape index (κ1) is 17.5. The van der Waals surface area contributed by atoms with Crippen LogP contribution in [0.5, 0.6) is 0 Å². The summed E-state index contributed by atoms with van der Waals surface area (Å²) in [5.41, 5.74) is 5.04. The molecule has 1 aliphatic carbocycles. The Hall–Kier alpha value is -1.34. The molecule has 0 saturated carbocycles. The first-order chi connectivity index (χ1) is 11.3. The minimum atomic E-state index is 0. The van der Waals surface area contributed by atoms with E-state index in [0.717, 1.165) is 18.6 Å². The van der Waals surface area contributed by atoms with Crippen molar-refractivity contribution >= 4 is 46.6 Å². The maximum absolute atomic E-state index is 8.33. The summed E-state index contributed by atoms with van der Waals surface area (Å²) in [5, 5.41) is 15.6. The molecule has 3 nitrogen and oxygen atoms in total. The summed E-state index contributed by atoms with van der Waals surface area (Å²) in [6, 6.07) is 19.2. The van der Waals surface area contributed by atoms with Crippen LogP contribution < -0.4 is 0 Å². The average molecular weight is 449 g/mol. The summed E-state index contributed by atoms with van der Waals surface area (Å²) in [6.07, 6.45) is 4.12. The molecule has 0 unspecified atom stereocenters. The molecule has 0 spiro atoms. The molecule has 0 aromatic heterocycles. The fraction of sp³-hybridized carbons (Fsp3) is 0.263. The average Bonchev–Trinajstić information content (AvgIpc) is 3.01. The molecule has 124 valence electrons. The van der Waals surface area contributed by atoms with Crippen LogP contribution >= 0.6 is 35.7 Å². The van der Waals surface area contributed by atoms with Crippen LogP contribution in [0.2, 0.25) is 0 Å². The zero-order chi connectivity index (χ0) is 15.8. The summed E-state index contributed by atoms with van der Waals surface area (Å²) >= 11 is 1.45. The molecular formula is C19H20IN3S. The molecule has 1 heterocycles. The van der Waals surface area contributed by atoms with Crippen molar-refractivity contribution in [2.45, 2.75) is 18.9 Å². The van der Waals surface area contributed by atoms with Crippen molar-refractivity contribution in [3.05, 3.63) is 71.3 Å². The highest BCUT2D eigenvalue weighted by molar-refractivity contribution is 14.0. The number of rotatable bonds is 1. The van der Waals surface area contributed by atoms with E-state index < -0.39 is 0 Å². The fourth-order valence-corrected chi connectivity index (χ4v) is 4.05. The Balaban J connectivity index is 0.00000169. The van der Waals surface area contributed by atoms with Gasteiger partial charge in [-0.25, -0.2) is 5.01 Å². The number of amidine groups is 1. The highest BCUT2D eigenvalue weighted by atomic mass is 127. The number of hydrazone groups is 1. The van der Waals surface area contributed by atoms with Crippen LogP contribution in [0, 0.1) is 11.3 Å². The first-order valence-electron chi connectivity index (χ1n) is 7.93. The van der Waals surface area contributed by atoms with Crippen molar-refractivity contribution in [2.24, 2.45) is 11.0 Å². The maximum atomic E-state index is 8.33. The van der Waals surface area contributed by atoms with Gasteiger partial charge in [0.25, 0.3) is 0 Å². The van der Waals surface area contributed by atoms with Gasteiger partial charge in [-0.1, -0.05) is 66.4 Å². The standard InChI is InChI=1S/C19H19N3S.HI/c1-23-19(20)22-18(14-8-3-2-4-9-14)16-12-11-13-7-5-6-10-15(13)17(16)21-22;/h2-10,16,18,20H,11-12H2,1H3;1H/t16-,18-;/m0./s1. The van der Waals surface area contributed by atoms with E-state index in [1.165, 1.54) is 28.5 Å². The Morgan fingerprint density at radius 2 is 1.83 bits per heavy atom. The van der Waals surface area contributed by atoms with Crippen molar-refractivity contribution in [1.82, 2.24) is 5.01 Å². The number of hydrogen-bond acceptors (Lipinski definition) is 3. The highest BCUT2D eigenvalue weighted by Gasteiger charge is 2.42. The normalized spacial score (nSPS) is 21.4. The lowest BCUT2D eigenvalue weighted by atomic mass is 9.77. The van der Waals surface area contributed by atoms with Crippen LogP contribution in [0.4, 0.5) is 0 Å². The molecule has 2 aliphatic rings. The van der Waals surface area contributed by atoms with Gasteiger partial charge >= 0.3 is 0 Å². The van der Waals surface area contributed by atoms with Crippen LogP contribution in [-0.4, -0.2) is 22.1 Å². The van der Waals surface area contributed by atoms with Crippen LogP contribution in [-0.2, 0) is 6.42 Å². The molecule has 1 aliphatic heterocycles. The van der Waals surface area contributed by atoms with Gasteiger partial charge in [-0.3, -0.25) is 5.41 Å². The van der Waals surface area contributed by atoms with Crippen molar-refractivity contribution in [3.8, 4) is 0 Å². The minimum absolute atomic E-state index is 0. The maximum Gasteiger partial charge on any atom is 0.177 e. The zero-order valence-corrected chi connectivity index (χ0v) is 16.6. The van der Waals surface area contributed by atoms with E-state index in [9.17, 15) is 0 Å². The molecule has 0 radical (unpaired) electrons. The lowest BCUT2D eigenvalue weighted by molar-refractivity contribution is 0.311. The second kappa shape index (κ2) is 7.27. The molecule has 2 aromatic carbocycles. The zero-order valence-electron chi connectivity index (χ0n) is 13.5. The third kappa shape index (κ3) is 2.88. The summed E-state index contributed by atoms with van der Waals surface area (Å²) in [7, 11) is 0. The lowest BCUT2D eigenvalue weighted by Gasteiger charge is -2.30. The monoisotopic (exact) mass is 449 g/mol. The molecule has 4 rings (SSSR count). The van der Waals surface area contributed by atoms with E-state index in [1.807, 2.05) is 17.3 Å². The summed E-state index contributed by atoms with van der Waals surface area (Å²) in [5.74, 6) is 0.361. The van der Waals surface area contributed by atoms with Gasteiger partial charge in [0.2, 0.25) is 0 Å². The van der Waals surface area contributed by atoms with E-state index in [1.54, 1.807) is 0 Å². The molecule has 2 atom stereocenters. The summed E-state index contributed by atoms with van der Waals surface area (Å²) in [4.78, 5) is 0. The van der Waals surface area contributed by atoms with Gasteiger partial charge in [-0.2, -0.15) is 5.10 Å². The SMILES string of the molecule is CSC(=N)N1N=C2c3ccccc3CC[C@@H]2[C@@H]1c1ccccc1.I. The van der Waals surface area contributed by atoms with E-state index in [0.29, 0.717) is 11.1 Å². The Morgan fingerprint density at radius 3 is 2.58 bits per heavy atom. The third-order valence-corrected chi connectivity index (χ3v) is 5.35. The second-order valence-corrected chi connectivity index (χ2v) is 6.79. The fourth-order valence-electron chi connectivity index (χ4n) is 3.71. The Bertz CT molecular complexity index is 775. The van der Waals surface area contributed by atoms with Crippen LogP contribution in [0.25, 0.3) is 0 Å². The number of nitrogens with one attached hydrogen (secondary N) is 1. The molecule has 0 fully saturated rings. The Morgan fingerprint density at radius 1 is 1.12 bits per heavy atom. The molecule has 24 heavy (non-hydrogen) atoms. The second-order valence-electron chi connectivity index (χ2n) is 6.00. The van der Waals surface area contributed by atoms with Gasteiger partial charge in [-0.05, 0) is 30.2 Å². The van der Waals surface area contributed by atoms with Gasteiger partial charge in [-0.15, -0.1) is 24.0 Å². The number of aryl methyl sites for hydroxylation is 1. The Labute approximate surface area is 164 Å². The third-order valence-electron chi connectivity index (χ3n) is 4.77. The van der Waals surface area contributed by atoms with Gasteiger partial charge < -0.3 is 0 Å². The number of benzene rings is 2. The van der Waals surface area contributed by atoms with E-state index >= 15 is 0 Å². The largest absolute Gasteiger partial charge is 0.277 e. The predicted molar refractivity (Wildman–Crippen MR) is 112 cm³/mol. The van der Waals surface area contributed by atoms with Crippen molar-refractivity contribution < 1.29 is 0 Å². The molecule has 5 heteroatoms. The van der Waals surface area contributed by atoms with Crippen molar-refractivity contribution in [2.75, 3.05) is 6.26 Å². The van der Waals surface area contributed by atoms with Crippen LogP contribution in [0.1, 0.15) is 29.2 Å². The number of nitrogens with zero attached hydrogens (tertiary/aromatic N) is 2. The molecular weight excluding hydrogens is 429 g/mol. The number of halogens is 1. The van der Waals surface area contributed by atoms with Crippen molar-refractivity contribution in [1.29, 1.82) is 5.41 Å². The topological polar surface area (TPSA) is 39.5 Å². The number of hydrogen-bond donors (Lipinski definition) is 1. The van der Waals surface area contributed by atoms with E-state index in [4.69, 9.17) is 10.5 Å². The van der Waals surface area contributed by atoms with Gasteiger partial charge in [0.05, 0.1) is 11.8 Å². The van der Waals surface area contributed by atoms with Gasteiger partial charge in [0.1, 0.15) is 0 Å². The van der Waals surface area contributed by atoms with E-state index in [2.05, 4.69) is 48.5 Å². The quantitative estimate of drug-likeness (QED) is 0.381. The smallest absolute Gasteiger partial charge is 0.177 e. The molecule has 0 bridgehead atoms. The molecule has 0 amide bonds. The predicted octanol–water partition coefficient (Wildman–Crippen LogP) is 4.93. The number of thioether (sulfide) groups is 1. The van der Waals surface area contributed by atoms with Crippen LogP contribution in [0.15, 0.2) is 59.7 Å². The molecule has 1 N–H and O–H groups in total. The summed E-state index contributed by atoms with van der Waals surface area (Å²) < 4.78 is 0. The van der Waals surface area contributed by atoms with Crippen molar-refractivity contribution in [3.63, 3.8) is 0 Å². The first-order valence-corrected chi connectivity index (χ1v) is 9.15. The lowest BCUT2D eigenvalue weighted by Crippen LogP contribution is -2.30. The molecule has 2 aromatic rings. The summed E-state index contributed by atoms with van der Waals surface area (Å²) in [6.45, 7) is 0. The van der Waals surface area contributed by atoms with Gasteiger partial charge in [0, 0.05) is 11.5 Å². The molecule has 0 saturated heterocycles. The minimum Gasteiger partial charge on any atom is -0.277 e. The van der Waals surface area contributed by atoms with Crippen LogP contribution in [0.3, 0.4) is 0 Å².